The van der Waals surface area contributed by atoms with Gasteiger partial charge in [0.25, 0.3) is 0 Å². The number of aryl methyl sites for hydroxylation is 1. The summed E-state index contributed by atoms with van der Waals surface area (Å²) >= 11 is 3.58. The van der Waals surface area contributed by atoms with Gasteiger partial charge < -0.3 is 4.57 Å². The summed E-state index contributed by atoms with van der Waals surface area (Å²) in [5, 5.41) is 9.65. The van der Waals surface area contributed by atoms with E-state index in [0.29, 0.717) is 0 Å². The van der Waals surface area contributed by atoms with E-state index in [4.69, 9.17) is 0 Å². The van der Waals surface area contributed by atoms with Crippen LogP contribution in [-0.4, -0.2) is 20.5 Å². The highest BCUT2D eigenvalue weighted by Gasteiger charge is 2.22. The maximum absolute atomic E-state index is 4.39. The van der Waals surface area contributed by atoms with E-state index in [0.717, 1.165) is 22.7 Å². The van der Waals surface area contributed by atoms with Crippen molar-refractivity contribution in [3.05, 3.63) is 29.2 Å². The molecule has 0 spiro atoms. The minimum absolute atomic E-state index is 0.859. The van der Waals surface area contributed by atoms with Crippen molar-refractivity contribution < 1.29 is 0 Å². The van der Waals surface area contributed by atoms with E-state index < -0.39 is 0 Å². The molecule has 21 heavy (non-hydrogen) atoms. The first kappa shape index (κ1) is 14.9. The van der Waals surface area contributed by atoms with E-state index >= 15 is 0 Å². The molecule has 1 unspecified atom stereocenters. The zero-order valence-corrected chi connectivity index (χ0v) is 14.3. The molecule has 0 aromatic carbocycles. The fourth-order valence-electron chi connectivity index (χ4n) is 2.85. The molecule has 1 atom stereocenters. The quantitative estimate of drug-likeness (QED) is 0.607. The number of hydrogen-bond donors (Lipinski definition) is 0. The number of thiophene rings is 1. The van der Waals surface area contributed by atoms with E-state index in [1.165, 1.54) is 36.1 Å². The fraction of sp³-hybridized carbons (Fsp3) is 0.500. The van der Waals surface area contributed by atoms with Gasteiger partial charge in [0, 0.05) is 17.7 Å². The molecular formula is C16H21N3S2. The number of hydrogen-bond acceptors (Lipinski definition) is 4. The predicted molar refractivity (Wildman–Crippen MR) is 91.0 cm³/mol. The molecule has 2 heterocycles. The Morgan fingerprint density at radius 1 is 1.52 bits per heavy atom. The van der Waals surface area contributed by atoms with Crippen LogP contribution in [0.5, 0.6) is 0 Å². The van der Waals surface area contributed by atoms with Gasteiger partial charge in [0.2, 0.25) is 0 Å². The summed E-state index contributed by atoms with van der Waals surface area (Å²) in [4.78, 5) is 2.82. The molecule has 1 aliphatic carbocycles. The molecule has 0 aliphatic heterocycles. The van der Waals surface area contributed by atoms with E-state index in [1.54, 1.807) is 16.6 Å². The zero-order chi connectivity index (χ0) is 14.8. The van der Waals surface area contributed by atoms with Crippen LogP contribution in [0.15, 0.2) is 23.9 Å². The summed E-state index contributed by atoms with van der Waals surface area (Å²) in [5.41, 5.74) is 1.54. The summed E-state index contributed by atoms with van der Waals surface area (Å²) in [6.07, 6.45) is 6.99. The fourth-order valence-corrected chi connectivity index (χ4v) is 4.72. The van der Waals surface area contributed by atoms with Gasteiger partial charge in [-0.05, 0) is 36.8 Å². The van der Waals surface area contributed by atoms with Crippen LogP contribution in [0.4, 0.5) is 0 Å². The number of aromatic nitrogens is 3. The van der Waals surface area contributed by atoms with Crippen LogP contribution in [0.3, 0.4) is 0 Å². The van der Waals surface area contributed by atoms with Crippen LogP contribution in [0.1, 0.15) is 30.2 Å². The molecule has 0 saturated heterocycles. The maximum Gasteiger partial charge on any atom is 0.191 e. The van der Waals surface area contributed by atoms with Crippen LogP contribution >= 0.6 is 23.1 Å². The van der Waals surface area contributed by atoms with Crippen molar-refractivity contribution >= 4 is 23.1 Å². The molecule has 0 fully saturated rings. The van der Waals surface area contributed by atoms with Gasteiger partial charge in [-0.25, -0.2) is 0 Å². The Labute approximate surface area is 134 Å². The molecule has 2 aromatic heterocycles. The molecule has 1 aliphatic rings. The van der Waals surface area contributed by atoms with Crippen LogP contribution in [0, 0.1) is 5.92 Å². The Kier molecular flexibility index (Phi) is 4.50. The van der Waals surface area contributed by atoms with E-state index in [9.17, 15) is 0 Å². The van der Waals surface area contributed by atoms with Crippen molar-refractivity contribution in [3.8, 4) is 10.7 Å². The average molecular weight is 319 g/mol. The SMILES string of the molecule is C=CCSc1nnc(-c2cc3c(s2)CCC(CC)C3)n1C. The average Bonchev–Trinajstić information content (AvgIpc) is 3.07. The lowest BCUT2D eigenvalue weighted by Crippen LogP contribution is -2.10. The second-order valence-electron chi connectivity index (χ2n) is 5.54. The van der Waals surface area contributed by atoms with E-state index in [2.05, 4.69) is 34.3 Å². The predicted octanol–water partition coefficient (Wildman–Crippen LogP) is 4.34. The highest BCUT2D eigenvalue weighted by atomic mass is 32.2. The van der Waals surface area contributed by atoms with Gasteiger partial charge in [-0.2, -0.15) is 0 Å². The van der Waals surface area contributed by atoms with E-state index in [-0.39, 0.29) is 0 Å². The highest BCUT2D eigenvalue weighted by molar-refractivity contribution is 7.99. The third kappa shape index (κ3) is 2.94. The van der Waals surface area contributed by atoms with Crippen molar-refractivity contribution in [3.63, 3.8) is 0 Å². The number of rotatable bonds is 5. The smallest absolute Gasteiger partial charge is 0.191 e. The molecule has 112 valence electrons. The number of thioether (sulfide) groups is 1. The minimum atomic E-state index is 0.859. The Morgan fingerprint density at radius 3 is 3.14 bits per heavy atom. The summed E-state index contributed by atoms with van der Waals surface area (Å²) < 4.78 is 2.10. The second-order valence-corrected chi connectivity index (χ2v) is 7.66. The standard InChI is InChI=1S/C16H21N3S2/c1-4-8-20-16-18-17-15(19(16)3)14-10-12-9-11(5-2)6-7-13(12)21-14/h4,10-11H,1,5-9H2,2-3H3. The highest BCUT2D eigenvalue weighted by Crippen LogP contribution is 2.37. The normalized spacial score (nSPS) is 17.7. The molecule has 0 radical (unpaired) electrons. The van der Waals surface area contributed by atoms with Crippen LogP contribution in [0.2, 0.25) is 0 Å². The van der Waals surface area contributed by atoms with Gasteiger partial charge in [-0.1, -0.05) is 31.2 Å². The first-order chi connectivity index (χ1) is 10.2. The van der Waals surface area contributed by atoms with Crippen molar-refractivity contribution in [1.29, 1.82) is 0 Å². The Morgan fingerprint density at radius 2 is 2.38 bits per heavy atom. The van der Waals surface area contributed by atoms with Gasteiger partial charge in [-0.15, -0.1) is 28.1 Å². The van der Waals surface area contributed by atoms with E-state index in [1.807, 2.05) is 24.5 Å². The lowest BCUT2D eigenvalue weighted by Gasteiger charge is -2.19. The number of fused-ring (bicyclic) bond motifs is 1. The van der Waals surface area contributed by atoms with Crippen molar-refractivity contribution in [1.82, 2.24) is 14.8 Å². The first-order valence-corrected chi connectivity index (χ1v) is 9.28. The summed E-state index contributed by atoms with van der Waals surface area (Å²) in [7, 11) is 2.05. The summed E-state index contributed by atoms with van der Waals surface area (Å²) in [5.74, 6) is 2.72. The summed E-state index contributed by atoms with van der Waals surface area (Å²) in [6.45, 7) is 6.05. The molecular weight excluding hydrogens is 298 g/mol. The molecule has 0 amide bonds. The van der Waals surface area contributed by atoms with Crippen LogP contribution in [-0.2, 0) is 19.9 Å². The molecule has 2 aromatic rings. The monoisotopic (exact) mass is 319 g/mol. The molecule has 3 nitrogen and oxygen atoms in total. The third-order valence-electron chi connectivity index (χ3n) is 4.15. The number of nitrogens with zero attached hydrogens (tertiary/aromatic N) is 3. The molecule has 0 bridgehead atoms. The van der Waals surface area contributed by atoms with Gasteiger partial charge in [0.15, 0.2) is 11.0 Å². The Hall–Kier alpha value is -1.07. The Bertz CT molecular complexity index is 642. The topological polar surface area (TPSA) is 30.7 Å². The maximum atomic E-state index is 4.39. The molecule has 5 heteroatoms. The second kappa shape index (κ2) is 6.36. The minimum Gasteiger partial charge on any atom is -0.304 e. The van der Waals surface area contributed by atoms with Gasteiger partial charge in [0.05, 0.1) is 4.88 Å². The third-order valence-corrected chi connectivity index (χ3v) is 6.40. The largest absolute Gasteiger partial charge is 0.304 e. The van der Waals surface area contributed by atoms with Crippen LogP contribution in [0.25, 0.3) is 10.7 Å². The first-order valence-electron chi connectivity index (χ1n) is 7.48. The van der Waals surface area contributed by atoms with Crippen molar-refractivity contribution in [2.24, 2.45) is 13.0 Å². The van der Waals surface area contributed by atoms with Gasteiger partial charge in [0.1, 0.15) is 0 Å². The lowest BCUT2D eigenvalue weighted by atomic mass is 9.87. The lowest BCUT2D eigenvalue weighted by molar-refractivity contribution is 0.449. The molecule has 0 saturated carbocycles. The molecule has 0 N–H and O–H groups in total. The van der Waals surface area contributed by atoms with Gasteiger partial charge >= 0.3 is 0 Å². The Balaban J connectivity index is 1.86. The summed E-state index contributed by atoms with van der Waals surface area (Å²) in [6, 6.07) is 2.34. The van der Waals surface area contributed by atoms with Crippen molar-refractivity contribution in [2.75, 3.05) is 5.75 Å². The zero-order valence-electron chi connectivity index (χ0n) is 12.6. The van der Waals surface area contributed by atoms with Gasteiger partial charge in [-0.3, -0.25) is 0 Å². The van der Waals surface area contributed by atoms with Crippen LogP contribution < -0.4 is 0 Å². The van der Waals surface area contributed by atoms with Crippen molar-refractivity contribution in [2.45, 2.75) is 37.8 Å². The molecule has 3 rings (SSSR count).